The molecule has 29 heavy (non-hydrogen) atoms. The number of anilines is 1. The van der Waals surface area contributed by atoms with Crippen molar-refractivity contribution in [3.8, 4) is 0 Å². The van der Waals surface area contributed by atoms with E-state index in [1.54, 1.807) is 13.0 Å². The summed E-state index contributed by atoms with van der Waals surface area (Å²) in [4.78, 5) is 43.0. The van der Waals surface area contributed by atoms with Gasteiger partial charge in [0.25, 0.3) is 5.91 Å². The van der Waals surface area contributed by atoms with Gasteiger partial charge in [-0.05, 0) is 19.1 Å². The van der Waals surface area contributed by atoms with Crippen molar-refractivity contribution in [3.63, 3.8) is 0 Å². The molecule has 0 bridgehead atoms. The van der Waals surface area contributed by atoms with E-state index in [1.807, 2.05) is 28.8 Å². The summed E-state index contributed by atoms with van der Waals surface area (Å²) in [6, 6.07) is 8.96. The summed E-state index contributed by atoms with van der Waals surface area (Å²) in [6.45, 7) is 3.18. The molecule has 3 aromatic rings. The van der Waals surface area contributed by atoms with Gasteiger partial charge in [-0.25, -0.2) is 9.69 Å². The molecule has 0 saturated carbocycles. The number of piperidine rings is 1. The van der Waals surface area contributed by atoms with Crippen LogP contribution in [0, 0.1) is 6.92 Å². The van der Waals surface area contributed by atoms with Crippen LogP contribution in [-0.2, 0) is 9.59 Å². The number of imidazole rings is 1. The van der Waals surface area contributed by atoms with Crippen LogP contribution in [0.1, 0.15) is 31.1 Å². The summed E-state index contributed by atoms with van der Waals surface area (Å²) in [5.41, 5.74) is 1.65. The lowest BCUT2D eigenvalue weighted by Gasteiger charge is -2.32. The average Bonchev–Trinajstić information content (AvgIpc) is 3.36. The number of H-pyrrole nitrogens is 1. The molecule has 9 nitrogen and oxygen atoms in total. The topological polar surface area (TPSA) is 106 Å². The number of aromatic nitrogens is 3. The highest BCUT2D eigenvalue weighted by atomic mass is 16.5. The molecule has 0 radical (unpaired) electrons. The highest BCUT2D eigenvalue weighted by Gasteiger charge is 2.47. The molecule has 0 unspecified atom stereocenters. The van der Waals surface area contributed by atoms with Crippen molar-refractivity contribution >= 4 is 28.7 Å². The molecule has 2 saturated heterocycles. The molecule has 1 aromatic carbocycles. The molecule has 4 heterocycles. The second-order valence-electron chi connectivity index (χ2n) is 7.83. The number of rotatable bonds is 3. The summed E-state index contributed by atoms with van der Waals surface area (Å²) in [6.07, 6.45) is 1.73. The minimum absolute atomic E-state index is 0.0869. The van der Waals surface area contributed by atoms with Gasteiger partial charge in [-0.15, -0.1) is 0 Å². The third kappa shape index (κ3) is 2.89. The van der Waals surface area contributed by atoms with E-state index in [9.17, 15) is 14.4 Å². The smallest absolute Gasteiger partial charge is 0.326 e. The van der Waals surface area contributed by atoms with Crippen LogP contribution < -0.4 is 15.5 Å². The van der Waals surface area contributed by atoms with Crippen LogP contribution in [-0.4, -0.2) is 45.7 Å². The summed E-state index contributed by atoms with van der Waals surface area (Å²) >= 11 is 0. The zero-order valence-electron chi connectivity index (χ0n) is 16.1. The number of benzene rings is 1. The predicted molar refractivity (Wildman–Crippen MR) is 104 cm³/mol. The zero-order chi connectivity index (χ0) is 20.1. The number of carbonyl (C=O) groups is 2. The van der Waals surface area contributed by atoms with Crippen molar-refractivity contribution in [2.75, 3.05) is 18.0 Å². The first-order chi connectivity index (χ1) is 14.0. The molecular formula is C20H22N5O4+. The van der Waals surface area contributed by atoms with Crippen molar-refractivity contribution in [2.24, 2.45) is 0 Å². The Labute approximate surface area is 165 Å². The van der Waals surface area contributed by atoms with Crippen LogP contribution in [0.2, 0.25) is 0 Å². The van der Waals surface area contributed by atoms with Gasteiger partial charge in [-0.1, -0.05) is 17.3 Å². The van der Waals surface area contributed by atoms with Gasteiger partial charge in [0.15, 0.2) is 11.9 Å². The number of hydrogen-bond acceptors (Lipinski definition) is 5. The third-order valence-electron chi connectivity index (χ3n) is 6.07. The fourth-order valence-electron chi connectivity index (χ4n) is 4.67. The van der Waals surface area contributed by atoms with Crippen molar-refractivity contribution in [3.05, 3.63) is 46.6 Å². The number of hydrogen-bond donors (Lipinski definition) is 2. The highest BCUT2D eigenvalue weighted by molar-refractivity contribution is 6.21. The highest BCUT2D eigenvalue weighted by Crippen LogP contribution is 2.24. The van der Waals surface area contributed by atoms with Crippen LogP contribution in [0.5, 0.6) is 0 Å². The molecule has 5 rings (SSSR count). The van der Waals surface area contributed by atoms with Crippen molar-refractivity contribution < 1.29 is 19.0 Å². The number of amides is 2. The van der Waals surface area contributed by atoms with E-state index in [4.69, 9.17) is 4.52 Å². The second-order valence-corrected chi connectivity index (χ2v) is 7.83. The number of aryl methyl sites for hydroxylation is 1. The minimum Gasteiger partial charge on any atom is -0.360 e. The Balaban J connectivity index is 1.32. The summed E-state index contributed by atoms with van der Waals surface area (Å²) < 4.78 is 6.85. The number of imide groups is 1. The van der Waals surface area contributed by atoms with Crippen LogP contribution in [0.4, 0.5) is 5.82 Å². The molecule has 150 valence electrons. The maximum absolute atomic E-state index is 12.9. The zero-order valence-corrected chi connectivity index (χ0v) is 16.1. The first-order valence-corrected chi connectivity index (χ1v) is 9.87. The molecule has 0 aliphatic carbocycles. The Morgan fingerprint density at radius 3 is 2.66 bits per heavy atom. The number of carbonyl (C=O) groups excluding carboxylic acids is 2. The number of fused-ring (bicyclic) bond motifs is 1. The van der Waals surface area contributed by atoms with Gasteiger partial charge in [0.1, 0.15) is 5.76 Å². The lowest BCUT2D eigenvalue weighted by atomic mass is 10.0. The Kier molecular flexibility index (Phi) is 4.13. The van der Waals surface area contributed by atoms with Crippen LogP contribution in [0.3, 0.4) is 0 Å². The van der Waals surface area contributed by atoms with Crippen LogP contribution in [0.15, 0.2) is 39.6 Å². The van der Waals surface area contributed by atoms with Crippen molar-refractivity contribution in [1.29, 1.82) is 0 Å². The van der Waals surface area contributed by atoms with Gasteiger partial charge in [0, 0.05) is 24.9 Å². The monoisotopic (exact) mass is 396 g/mol. The first kappa shape index (κ1) is 17.9. The van der Waals surface area contributed by atoms with Gasteiger partial charge in [-0.3, -0.25) is 14.2 Å². The quantitative estimate of drug-likeness (QED) is 0.615. The molecule has 2 aliphatic heterocycles. The van der Waals surface area contributed by atoms with Crippen LogP contribution in [0.25, 0.3) is 11.0 Å². The van der Waals surface area contributed by atoms with E-state index in [0.29, 0.717) is 5.76 Å². The van der Waals surface area contributed by atoms with Crippen LogP contribution >= 0.6 is 0 Å². The molecule has 9 heteroatoms. The molecule has 2 N–H and O–H groups in total. The largest absolute Gasteiger partial charge is 0.360 e. The minimum atomic E-state index is -0.403. The summed E-state index contributed by atoms with van der Waals surface area (Å²) in [7, 11) is 0. The maximum atomic E-state index is 12.9. The van der Waals surface area contributed by atoms with Gasteiger partial charge in [0.2, 0.25) is 5.91 Å². The molecular weight excluding hydrogens is 374 g/mol. The normalized spacial score (nSPS) is 25.3. The number of aromatic amines is 1. The van der Waals surface area contributed by atoms with Gasteiger partial charge >= 0.3 is 5.69 Å². The molecule has 2 aromatic heterocycles. The molecule has 2 fully saturated rings. The third-order valence-corrected chi connectivity index (χ3v) is 6.07. The number of nitrogens with one attached hydrogen (secondary N) is 2. The number of quaternary nitrogens is 1. The number of likely N-dealkylation sites (tertiary alicyclic amines) is 1. The van der Waals surface area contributed by atoms with E-state index in [-0.39, 0.29) is 35.8 Å². The molecule has 0 spiro atoms. The lowest BCUT2D eigenvalue weighted by Crippen LogP contribution is -3.17. The van der Waals surface area contributed by atoms with Gasteiger partial charge in [-0.2, -0.15) is 0 Å². The Morgan fingerprint density at radius 2 is 1.93 bits per heavy atom. The maximum Gasteiger partial charge on any atom is 0.326 e. The van der Waals surface area contributed by atoms with Gasteiger partial charge < -0.3 is 14.4 Å². The Morgan fingerprint density at radius 1 is 1.17 bits per heavy atom. The number of nitrogens with zero attached hydrogens (tertiary/aromatic N) is 3. The van der Waals surface area contributed by atoms with E-state index in [2.05, 4.69) is 10.1 Å². The van der Waals surface area contributed by atoms with E-state index in [1.165, 1.54) is 0 Å². The second kappa shape index (κ2) is 6.70. The van der Waals surface area contributed by atoms with E-state index in [0.717, 1.165) is 46.8 Å². The standard InChI is InChI=1S/C20H21N5O4/c1-12-10-17(22-29-12)25-18(26)11-16(19(25)27)23-8-6-13(7-9-23)24-15-5-3-2-4-14(15)21-20(24)28/h2-5,10,13,16H,6-9,11H2,1H3,(H,21,28)/p+1/t16-/m0/s1. The average molecular weight is 396 g/mol. The molecule has 2 amide bonds. The van der Waals surface area contributed by atoms with Crippen molar-refractivity contribution in [2.45, 2.75) is 38.3 Å². The Bertz CT molecular complexity index is 1150. The first-order valence-electron chi connectivity index (χ1n) is 9.87. The fraction of sp³-hybridized carbons (Fsp3) is 0.400. The SMILES string of the molecule is Cc1cc(N2C(=O)C[C@H]([NH+]3CCC(n4c(=O)[nH]c5ccccc54)CC3)C2=O)no1. The number of para-hydroxylation sites is 2. The Hall–Kier alpha value is -3.20. The fourth-order valence-corrected chi connectivity index (χ4v) is 4.67. The lowest BCUT2D eigenvalue weighted by molar-refractivity contribution is -0.920. The summed E-state index contributed by atoms with van der Waals surface area (Å²) in [5, 5.41) is 3.82. The van der Waals surface area contributed by atoms with Crippen molar-refractivity contribution in [1.82, 2.24) is 14.7 Å². The molecule has 2 aliphatic rings. The summed E-state index contributed by atoms with van der Waals surface area (Å²) in [5.74, 6) is 0.359. The predicted octanol–water partition coefficient (Wildman–Crippen LogP) is 0.178. The van der Waals surface area contributed by atoms with E-state index < -0.39 is 6.04 Å². The molecule has 1 atom stereocenters. The van der Waals surface area contributed by atoms with Gasteiger partial charge in [0.05, 0.1) is 30.5 Å². The van der Waals surface area contributed by atoms with E-state index >= 15 is 0 Å².